The van der Waals surface area contributed by atoms with E-state index in [-0.39, 0.29) is 8.41 Å². The Morgan fingerprint density at radius 2 is 1.00 bits per heavy atom. The molecule has 0 aromatic carbocycles. The van der Waals surface area contributed by atoms with Gasteiger partial charge in [0.05, 0.1) is 0 Å². The van der Waals surface area contributed by atoms with Gasteiger partial charge in [0.15, 0.2) is 0 Å². The van der Waals surface area contributed by atoms with Crippen LogP contribution in [-0.4, -0.2) is 46.4 Å². The lowest BCUT2D eigenvalue weighted by Gasteiger charge is -1.41. The standard InChI is InChI=1S/B3.B2.B/c1-3-2;1-2;. The maximum Gasteiger partial charge on any atom is 0 e. The molecule has 0 saturated heterocycles. The van der Waals surface area contributed by atoms with Gasteiger partial charge >= 0.3 is 0 Å². The predicted molar refractivity (Wildman–Crippen MR) is 34.5 cm³/mol. The van der Waals surface area contributed by atoms with Gasteiger partial charge in [-0.15, -0.1) is 0 Å². The highest BCUT2D eigenvalue weighted by molar-refractivity contribution is 7.17. The van der Waals surface area contributed by atoms with E-state index in [9.17, 15) is 0 Å². The molecule has 6 heteroatoms. The quantitative estimate of drug-likeness (QED) is 0.279. The summed E-state index contributed by atoms with van der Waals surface area (Å²) in [4.78, 5) is 0. The molecular formula is B6. The molecule has 0 aromatic heterocycles. The minimum atomic E-state index is 0. The summed E-state index contributed by atoms with van der Waals surface area (Å²) in [5, 5.41) is 0. The van der Waals surface area contributed by atoms with E-state index in [0.717, 1.165) is 7.06 Å². The Kier molecular flexibility index (Phi) is 145. The molecule has 0 aliphatic carbocycles. The van der Waals surface area contributed by atoms with Crippen LogP contribution in [-0.2, 0) is 0 Å². The van der Waals surface area contributed by atoms with Crippen molar-refractivity contribution in [3.63, 3.8) is 0 Å². The van der Waals surface area contributed by atoms with Gasteiger partial charge in [-0.05, 0) is 0 Å². The molecule has 18 valence electrons. The smallest absolute Gasteiger partial charge is 0 e. The Hall–Kier alpha value is 0.390. The second-order valence-corrected chi connectivity index (χ2v) is 0.192. The van der Waals surface area contributed by atoms with Gasteiger partial charge in [-0.25, -0.2) is 0 Å². The molecule has 0 nitrogen and oxygen atoms in total. The van der Waals surface area contributed by atoms with E-state index in [1.54, 1.807) is 0 Å². The first-order valence-electron chi connectivity index (χ1n) is 1.00. The number of hydrogen-bond donors (Lipinski definition) is 0. The van der Waals surface area contributed by atoms with Crippen molar-refractivity contribution in [1.82, 2.24) is 0 Å². The highest BCUT2D eigenvalue weighted by atomic mass is 12.2. The van der Waals surface area contributed by atoms with Crippen LogP contribution in [0.3, 0.4) is 0 Å². The molecular weight excluding hydrogens is 64.9 g/mol. The van der Waals surface area contributed by atoms with Gasteiger partial charge in [0, 0.05) is 46.4 Å². The Morgan fingerprint density at radius 1 is 1.00 bits per heavy atom. The maximum atomic E-state index is 4.50. The molecule has 0 aliphatic heterocycles. The zero-order chi connectivity index (χ0) is 4.71. The largest absolute Gasteiger partial charge is 0 e. The Morgan fingerprint density at radius 3 is 1.00 bits per heavy atom. The fourth-order valence-corrected chi connectivity index (χ4v) is 0. The van der Waals surface area contributed by atoms with Crippen molar-refractivity contribution in [2.24, 2.45) is 0 Å². The molecule has 0 bridgehead atoms. The summed E-state index contributed by atoms with van der Waals surface area (Å²) in [5.74, 6) is 0. The summed E-state index contributed by atoms with van der Waals surface area (Å²) in [6.07, 6.45) is 0. The third-order valence-electron chi connectivity index (χ3n) is 0. The van der Waals surface area contributed by atoms with Crippen molar-refractivity contribution in [2.45, 2.75) is 0 Å². The van der Waals surface area contributed by atoms with Crippen LogP contribution >= 0.6 is 0 Å². The lowest BCUT2D eigenvalue weighted by molar-refractivity contribution is 4.34. The molecule has 0 aliphatic rings. The highest BCUT2D eigenvalue weighted by Gasteiger charge is 1.41. The monoisotopic (exact) mass is 66.1 g/mol. The van der Waals surface area contributed by atoms with Crippen LogP contribution in [0, 0.1) is 0 Å². The Balaban J connectivity index is -0.0000000275. The van der Waals surface area contributed by atoms with Crippen LogP contribution in [0.15, 0.2) is 0 Å². The fourth-order valence-electron chi connectivity index (χ4n) is 0. The Labute approximate surface area is 47.2 Å². The van der Waals surface area contributed by atoms with Crippen molar-refractivity contribution in [3.05, 3.63) is 0 Å². The molecule has 0 heterocycles. The molecule has 0 rings (SSSR count). The van der Waals surface area contributed by atoms with E-state index in [4.69, 9.17) is 0 Å². The second kappa shape index (κ2) is 53.8. The average molecular weight is 64.9 g/mol. The van der Waals surface area contributed by atoms with Crippen molar-refractivity contribution < 1.29 is 0 Å². The molecule has 6 heavy (non-hydrogen) atoms. The van der Waals surface area contributed by atoms with E-state index >= 15 is 0 Å². The topological polar surface area (TPSA) is 0 Å². The van der Waals surface area contributed by atoms with Gasteiger partial charge in [0.2, 0.25) is 0 Å². The van der Waals surface area contributed by atoms with Crippen molar-refractivity contribution in [3.8, 4) is 0 Å². The van der Waals surface area contributed by atoms with Crippen LogP contribution in [0.5, 0.6) is 0 Å². The van der Waals surface area contributed by atoms with Crippen LogP contribution in [0.1, 0.15) is 0 Å². The highest BCUT2D eigenvalue weighted by Crippen LogP contribution is 1.03. The normalized spacial score (nSPS) is 2.67. The molecule has 0 spiro atoms. The summed E-state index contributed by atoms with van der Waals surface area (Å²) in [5.41, 5.74) is 0. The van der Waals surface area contributed by atoms with E-state index in [1.807, 2.05) is 0 Å². The molecule has 0 N–H and O–H groups in total. The summed E-state index contributed by atoms with van der Waals surface area (Å²) < 4.78 is 0. The van der Waals surface area contributed by atoms with Gasteiger partial charge in [-0.2, -0.15) is 0 Å². The fraction of sp³-hybridized carbons (Fsp3) is 0. The molecule has 0 amide bonds. The predicted octanol–water partition coefficient (Wildman–Crippen LogP) is -2.28. The number of rotatable bonds is 0. The van der Waals surface area contributed by atoms with Gasteiger partial charge in [-0.1, -0.05) is 0 Å². The molecule has 0 unspecified atom stereocenters. The van der Waals surface area contributed by atoms with Gasteiger partial charge < -0.3 is 0 Å². The summed E-state index contributed by atoms with van der Waals surface area (Å²) >= 11 is 0. The first-order chi connectivity index (χ1) is 2.41. The third kappa shape index (κ3) is 332. The van der Waals surface area contributed by atoms with Gasteiger partial charge in [0.1, 0.15) is 0 Å². The first-order valence-corrected chi connectivity index (χ1v) is 1.00. The lowest BCUT2D eigenvalue weighted by atomic mass is 9.40. The molecule has 0 fully saturated rings. The van der Waals surface area contributed by atoms with Crippen LogP contribution in [0.2, 0.25) is 0 Å². The summed E-state index contributed by atoms with van der Waals surface area (Å²) in [6, 6.07) is 0. The van der Waals surface area contributed by atoms with Crippen molar-refractivity contribution >= 4 is 46.4 Å². The van der Waals surface area contributed by atoms with E-state index in [2.05, 4.69) is 30.9 Å². The van der Waals surface area contributed by atoms with Crippen LogP contribution in [0.4, 0.5) is 0 Å². The van der Waals surface area contributed by atoms with E-state index in [0.29, 0.717) is 0 Å². The number of hydrogen-bond acceptors (Lipinski definition) is 0. The van der Waals surface area contributed by atoms with Crippen LogP contribution < -0.4 is 0 Å². The molecule has 0 aromatic rings. The van der Waals surface area contributed by atoms with Crippen molar-refractivity contribution in [1.29, 1.82) is 0 Å². The minimum absolute atomic E-state index is 0. The summed E-state index contributed by atoms with van der Waals surface area (Å²) in [6.45, 7) is 0. The lowest BCUT2D eigenvalue weighted by Crippen LogP contribution is -1.79. The van der Waals surface area contributed by atoms with Gasteiger partial charge in [-0.3, -0.25) is 0 Å². The first kappa shape index (κ1) is 16.2. The SMILES string of the molecule is [B].[B][B].[B][B][B]. The molecule has 0 saturated carbocycles. The summed E-state index contributed by atoms with van der Waals surface area (Å²) in [7, 11) is 18.0. The van der Waals surface area contributed by atoms with Crippen LogP contribution in [0.25, 0.3) is 0 Å². The average Bonchev–Trinajstić information content (AvgIpc) is 1.46. The zero-order valence-corrected chi connectivity index (χ0v) is 3.46. The van der Waals surface area contributed by atoms with E-state index < -0.39 is 0 Å². The van der Waals surface area contributed by atoms with Gasteiger partial charge in [0.25, 0.3) is 0 Å². The second-order valence-electron chi connectivity index (χ2n) is 0.192. The molecule has 0 atom stereocenters. The van der Waals surface area contributed by atoms with E-state index in [1.165, 1.54) is 0 Å². The molecule has 12 radical (unpaired) electrons. The minimum Gasteiger partial charge on any atom is 0 e. The Bertz CT molecular complexity index is 0. The maximum absolute atomic E-state index is 4.50. The third-order valence-corrected chi connectivity index (χ3v) is 0. The van der Waals surface area contributed by atoms with Crippen molar-refractivity contribution in [2.75, 3.05) is 0 Å². The zero-order valence-electron chi connectivity index (χ0n) is 3.46.